The number of carbonyl (C=O) groups is 2. The summed E-state index contributed by atoms with van der Waals surface area (Å²) >= 11 is 0. The van der Waals surface area contributed by atoms with Gasteiger partial charge in [-0.25, -0.2) is 4.98 Å². The molecule has 158 valence electrons. The second-order valence-corrected chi connectivity index (χ2v) is 7.55. The molecule has 0 saturated carbocycles. The van der Waals surface area contributed by atoms with Crippen molar-refractivity contribution in [3.05, 3.63) is 71.1 Å². The molecule has 0 unspecified atom stereocenters. The number of hydrogen-bond acceptors (Lipinski definition) is 5. The van der Waals surface area contributed by atoms with Gasteiger partial charge in [-0.2, -0.15) is 0 Å². The summed E-state index contributed by atoms with van der Waals surface area (Å²) in [4.78, 5) is 31.4. The van der Waals surface area contributed by atoms with Crippen LogP contribution in [0.5, 0.6) is 5.75 Å². The number of rotatable bonds is 8. The van der Waals surface area contributed by atoms with Crippen LogP contribution in [0.25, 0.3) is 12.2 Å². The first kappa shape index (κ1) is 22.7. The molecule has 0 saturated heterocycles. The number of imidazole rings is 1. The molecular formula is C23H28N4O3. The molecule has 1 heterocycles. The van der Waals surface area contributed by atoms with Crippen molar-refractivity contribution in [2.24, 2.45) is 0 Å². The number of amides is 1. The fraction of sp³-hybridized carbons (Fsp3) is 0.261. The minimum Gasteiger partial charge on any atom is -0.497 e. The van der Waals surface area contributed by atoms with E-state index in [1.807, 2.05) is 51.1 Å². The molecule has 0 spiro atoms. The van der Waals surface area contributed by atoms with Crippen LogP contribution in [0.15, 0.2) is 54.1 Å². The van der Waals surface area contributed by atoms with Crippen molar-refractivity contribution < 1.29 is 14.3 Å². The number of aromatic amines is 1. The van der Waals surface area contributed by atoms with Crippen molar-refractivity contribution in [3.63, 3.8) is 0 Å². The monoisotopic (exact) mass is 408 g/mol. The maximum atomic E-state index is 12.6. The van der Waals surface area contributed by atoms with Crippen LogP contribution in [0, 0.1) is 0 Å². The van der Waals surface area contributed by atoms with E-state index < -0.39 is 5.91 Å². The molecule has 7 heteroatoms. The van der Waals surface area contributed by atoms with Gasteiger partial charge in [-0.3, -0.25) is 9.59 Å². The highest BCUT2D eigenvalue weighted by Gasteiger charge is 2.20. The van der Waals surface area contributed by atoms with Gasteiger partial charge in [0.05, 0.1) is 30.5 Å². The first-order valence-electron chi connectivity index (χ1n) is 9.50. The summed E-state index contributed by atoms with van der Waals surface area (Å²) < 4.78 is 5.13. The zero-order valence-electron chi connectivity index (χ0n) is 17.9. The number of allylic oxidation sites excluding steroid dienone is 3. The van der Waals surface area contributed by atoms with Gasteiger partial charge in [0.2, 0.25) is 0 Å². The molecule has 0 fully saturated rings. The summed E-state index contributed by atoms with van der Waals surface area (Å²) in [6.07, 6.45) is 8.97. The normalized spacial score (nSPS) is 12.7. The van der Waals surface area contributed by atoms with Crippen LogP contribution >= 0.6 is 0 Å². The Morgan fingerprint density at radius 3 is 2.47 bits per heavy atom. The maximum Gasteiger partial charge on any atom is 0.271 e. The fourth-order valence-corrected chi connectivity index (χ4v) is 2.70. The average Bonchev–Trinajstić information content (AvgIpc) is 3.19. The number of likely N-dealkylation sites (N-methyl/N-ethyl adjacent to an activating group) is 1. The lowest BCUT2D eigenvalue weighted by Gasteiger charge is -2.17. The van der Waals surface area contributed by atoms with E-state index >= 15 is 0 Å². The SMILES string of the molecule is CN/C(=C\C=C\c1ccc(OC)cc1)C(=O)N/C(C=O)=C\c1nc[nH]c1C(C)(C)C. The number of carbonyl (C=O) groups excluding carboxylic acids is 2. The smallest absolute Gasteiger partial charge is 0.271 e. The van der Waals surface area contributed by atoms with Gasteiger partial charge in [0, 0.05) is 18.2 Å². The summed E-state index contributed by atoms with van der Waals surface area (Å²) in [6.45, 7) is 6.11. The molecule has 30 heavy (non-hydrogen) atoms. The number of aldehydes is 1. The molecular weight excluding hydrogens is 380 g/mol. The van der Waals surface area contributed by atoms with Gasteiger partial charge in [-0.1, -0.05) is 45.1 Å². The van der Waals surface area contributed by atoms with Crippen LogP contribution in [0.2, 0.25) is 0 Å². The topological polar surface area (TPSA) is 96.1 Å². The van der Waals surface area contributed by atoms with Crippen LogP contribution in [0.3, 0.4) is 0 Å². The maximum absolute atomic E-state index is 12.6. The molecule has 1 amide bonds. The Morgan fingerprint density at radius 1 is 1.20 bits per heavy atom. The van der Waals surface area contributed by atoms with E-state index in [0.717, 1.165) is 17.0 Å². The summed E-state index contributed by atoms with van der Waals surface area (Å²) in [5.74, 6) is 0.348. The number of benzene rings is 1. The predicted molar refractivity (Wildman–Crippen MR) is 119 cm³/mol. The van der Waals surface area contributed by atoms with E-state index in [2.05, 4.69) is 20.6 Å². The largest absolute Gasteiger partial charge is 0.497 e. The summed E-state index contributed by atoms with van der Waals surface area (Å²) in [5, 5.41) is 5.46. The van der Waals surface area contributed by atoms with E-state index in [9.17, 15) is 9.59 Å². The molecule has 0 atom stereocenters. The van der Waals surface area contributed by atoms with Crippen LogP contribution in [0.1, 0.15) is 37.7 Å². The number of aromatic nitrogens is 2. The van der Waals surface area contributed by atoms with Crippen molar-refractivity contribution in [1.29, 1.82) is 0 Å². The molecule has 0 aliphatic carbocycles. The molecule has 1 aromatic carbocycles. The van der Waals surface area contributed by atoms with Crippen molar-refractivity contribution in [2.75, 3.05) is 14.2 Å². The van der Waals surface area contributed by atoms with Crippen molar-refractivity contribution in [3.8, 4) is 5.75 Å². The van der Waals surface area contributed by atoms with E-state index in [1.54, 1.807) is 38.7 Å². The molecule has 0 aliphatic rings. The van der Waals surface area contributed by atoms with Gasteiger partial charge in [0.15, 0.2) is 6.29 Å². The Morgan fingerprint density at radius 2 is 1.90 bits per heavy atom. The molecule has 0 aliphatic heterocycles. The van der Waals surface area contributed by atoms with Crippen molar-refractivity contribution in [2.45, 2.75) is 26.2 Å². The lowest BCUT2D eigenvalue weighted by atomic mass is 9.90. The summed E-state index contributed by atoms with van der Waals surface area (Å²) in [5.41, 5.74) is 2.71. The average molecular weight is 409 g/mol. The molecule has 2 rings (SSSR count). The first-order valence-corrected chi connectivity index (χ1v) is 9.50. The molecule has 2 aromatic rings. The summed E-state index contributed by atoms with van der Waals surface area (Å²) in [6, 6.07) is 7.53. The highest BCUT2D eigenvalue weighted by atomic mass is 16.5. The first-order chi connectivity index (χ1) is 14.3. The van der Waals surface area contributed by atoms with Gasteiger partial charge in [-0.05, 0) is 29.8 Å². The van der Waals surface area contributed by atoms with E-state index in [0.29, 0.717) is 17.7 Å². The van der Waals surface area contributed by atoms with Crippen LogP contribution in [-0.2, 0) is 15.0 Å². The van der Waals surface area contributed by atoms with E-state index in [-0.39, 0.29) is 11.1 Å². The van der Waals surface area contributed by atoms with Crippen LogP contribution in [0.4, 0.5) is 0 Å². The minimum atomic E-state index is -0.428. The van der Waals surface area contributed by atoms with Crippen LogP contribution < -0.4 is 15.4 Å². The van der Waals surface area contributed by atoms with Gasteiger partial charge < -0.3 is 20.4 Å². The highest BCUT2D eigenvalue weighted by Crippen LogP contribution is 2.23. The minimum absolute atomic E-state index is 0.123. The molecule has 3 N–H and O–H groups in total. The standard InChI is InChI=1S/C23H28N4O3/c1-23(2,3)21-20(25-15-26-21)13-17(14-28)27-22(29)19(24-4)8-6-7-16-9-11-18(30-5)12-10-16/h6-15,24H,1-5H3,(H,25,26)(H,27,29)/b7-6+,17-13-,19-8-. The van der Waals surface area contributed by atoms with Gasteiger partial charge in [0.1, 0.15) is 5.75 Å². The molecule has 7 nitrogen and oxygen atoms in total. The molecule has 1 aromatic heterocycles. The number of nitrogens with one attached hydrogen (secondary N) is 3. The fourth-order valence-electron chi connectivity index (χ4n) is 2.70. The Labute approximate surface area is 176 Å². The number of hydrogen-bond donors (Lipinski definition) is 3. The van der Waals surface area contributed by atoms with Gasteiger partial charge in [0.25, 0.3) is 5.91 Å². The molecule has 0 bridgehead atoms. The number of methoxy groups -OCH3 is 1. The third-order valence-electron chi connectivity index (χ3n) is 4.28. The molecule has 0 radical (unpaired) electrons. The van der Waals surface area contributed by atoms with Crippen LogP contribution in [-0.4, -0.2) is 36.3 Å². The second-order valence-electron chi connectivity index (χ2n) is 7.55. The zero-order valence-corrected chi connectivity index (χ0v) is 17.9. The number of nitrogens with zero attached hydrogens (tertiary/aromatic N) is 1. The predicted octanol–water partition coefficient (Wildman–Crippen LogP) is 3.19. The third-order valence-corrected chi connectivity index (χ3v) is 4.28. The van der Waals surface area contributed by atoms with Gasteiger partial charge >= 0.3 is 0 Å². The Bertz CT molecular complexity index is 961. The van der Waals surface area contributed by atoms with Crippen molar-refractivity contribution in [1.82, 2.24) is 20.6 Å². The van der Waals surface area contributed by atoms with E-state index in [1.165, 1.54) is 0 Å². The van der Waals surface area contributed by atoms with Gasteiger partial charge in [-0.15, -0.1) is 0 Å². The highest BCUT2D eigenvalue weighted by molar-refractivity contribution is 5.99. The summed E-state index contributed by atoms with van der Waals surface area (Å²) in [7, 11) is 3.26. The Kier molecular flexibility index (Phi) is 7.75. The Balaban J connectivity index is 2.14. The lowest BCUT2D eigenvalue weighted by molar-refractivity contribution is -0.118. The number of H-pyrrole nitrogens is 1. The zero-order chi connectivity index (χ0) is 22.1. The third kappa shape index (κ3) is 6.20. The quantitative estimate of drug-likeness (QED) is 0.354. The second kappa shape index (κ2) is 10.2. The Hall–Kier alpha value is -3.61. The lowest BCUT2D eigenvalue weighted by Crippen LogP contribution is -2.30. The van der Waals surface area contributed by atoms with Crippen molar-refractivity contribution >= 4 is 24.3 Å². The number of ether oxygens (including phenoxy) is 1. The van der Waals surface area contributed by atoms with E-state index in [4.69, 9.17) is 4.74 Å².